The Labute approximate surface area is 111 Å². The highest BCUT2D eigenvalue weighted by molar-refractivity contribution is 5.77. The molecular formula is C15H17N3O. The van der Waals surface area contributed by atoms with Gasteiger partial charge in [-0.25, -0.2) is 4.98 Å². The molecule has 19 heavy (non-hydrogen) atoms. The molecule has 98 valence electrons. The van der Waals surface area contributed by atoms with E-state index in [1.807, 2.05) is 28.8 Å². The molecule has 4 heteroatoms. The van der Waals surface area contributed by atoms with Crippen molar-refractivity contribution in [3.05, 3.63) is 40.4 Å². The van der Waals surface area contributed by atoms with Crippen LogP contribution in [0.4, 0.5) is 0 Å². The first-order valence-corrected chi connectivity index (χ1v) is 7.07. The highest BCUT2D eigenvalue weighted by Gasteiger charge is 2.33. The fourth-order valence-electron chi connectivity index (χ4n) is 3.52. The Balaban J connectivity index is 1.89. The summed E-state index contributed by atoms with van der Waals surface area (Å²) in [4.78, 5) is 17.2. The lowest BCUT2D eigenvalue weighted by atomic mass is 9.96. The van der Waals surface area contributed by atoms with E-state index < -0.39 is 0 Å². The van der Waals surface area contributed by atoms with Gasteiger partial charge in [-0.3, -0.25) is 9.36 Å². The number of nitrogens with zero attached hydrogens (tertiary/aromatic N) is 2. The lowest BCUT2D eigenvalue weighted by Crippen LogP contribution is -2.29. The van der Waals surface area contributed by atoms with Gasteiger partial charge in [-0.2, -0.15) is 0 Å². The Morgan fingerprint density at radius 3 is 3.00 bits per heavy atom. The second-order valence-corrected chi connectivity index (χ2v) is 5.54. The maximum absolute atomic E-state index is 12.5. The van der Waals surface area contributed by atoms with Gasteiger partial charge in [-0.1, -0.05) is 12.1 Å². The number of aromatic nitrogens is 2. The molecule has 1 N–H and O–H groups in total. The SMILES string of the molecule is O=c1c2ccccc2nc2n1CC[C@@H]2[C@@H]1CCCN1. The van der Waals surface area contributed by atoms with Crippen LogP contribution in [0.3, 0.4) is 0 Å². The van der Waals surface area contributed by atoms with Gasteiger partial charge in [0.2, 0.25) is 0 Å². The summed E-state index contributed by atoms with van der Waals surface area (Å²) in [6, 6.07) is 8.17. The van der Waals surface area contributed by atoms with Crippen molar-refractivity contribution in [1.82, 2.24) is 14.9 Å². The van der Waals surface area contributed by atoms with Gasteiger partial charge < -0.3 is 5.32 Å². The number of nitrogens with one attached hydrogen (secondary N) is 1. The minimum atomic E-state index is 0.126. The molecule has 2 aliphatic heterocycles. The van der Waals surface area contributed by atoms with Gasteiger partial charge >= 0.3 is 0 Å². The maximum Gasteiger partial charge on any atom is 0.261 e. The van der Waals surface area contributed by atoms with Crippen LogP contribution in [0.2, 0.25) is 0 Å². The molecule has 4 nitrogen and oxygen atoms in total. The molecule has 0 radical (unpaired) electrons. The second-order valence-electron chi connectivity index (χ2n) is 5.54. The molecule has 0 bridgehead atoms. The Bertz CT molecular complexity index is 685. The van der Waals surface area contributed by atoms with Crippen molar-refractivity contribution in [2.45, 2.75) is 37.8 Å². The summed E-state index contributed by atoms with van der Waals surface area (Å²) < 4.78 is 1.88. The lowest BCUT2D eigenvalue weighted by molar-refractivity contribution is 0.479. The molecule has 3 heterocycles. The molecule has 0 spiro atoms. The van der Waals surface area contributed by atoms with Crippen LogP contribution in [0.5, 0.6) is 0 Å². The van der Waals surface area contributed by atoms with E-state index in [9.17, 15) is 4.79 Å². The zero-order valence-electron chi connectivity index (χ0n) is 10.8. The lowest BCUT2D eigenvalue weighted by Gasteiger charge is -2.18. The van der Waals surface area contributed by atoms with Crippen LogP contribution in [0, 0.1) is 0 Å². The van der Waals surface area contributed by atoms with Crippen molar-refractivity contribution >= 4 is 10.9 Å². The van der Waals surface area contributed by atoms with Crippen LogP contribution in [0.15, 0.2) is 29.1 Å². The van der Waals surface area contributed by atoms with Crippen molar-refractivity contribution in [1.29, 1.82) is 0 Å². The Morgan fingerprint density at radius 1 is 1.26 bits per heavy atom. The highest BCUT2D eigenvalue weighted by Crippen LogP contribution is 2.32. The minimum absolute atomic E-state index is 0.126. The third kappa shape index (κ3) is 1.63. The van der Waals surface area contributed by atoms with Crippen LogP contribution >= 0.6 is 0 Å². The fraction of sp³-hybridized carbons (Fsp3) is 0.467. The molecule has 0 saturated carbocycles. The van der Waals surface area contributed by atoms with Crippen molar-refractivity contribution in [3.8, 4) is 0 Å². The fourth-order valence-corrected chi connectivity index (χ4v) is 3.52. The first kappa shape index (κ1) is 11.2. The predicted molar refractivity (Wildman–Crippen MR) is 74.4 cm³/mol. The Kier molecular flexibility index (Phi) is 2.45. The van der Waals surface area contributed by atoms with E-state index in [-0.39, 0.29) is 5.56 Å². The predicted octanol–water partition coefficient (Wildman–Crippen LogP) is 1.64. The van der Waals surface area contributed by atoms with Crippen LogP contribution in [0.25, 0.3) is 10.9 Å². The summed E-state index contributed by atoms with van der Waals surface area (Å²) in [7, 11) is 0. The molecule has 1 fully saturated rings. The Morgan fingerprint density at radius 2 is 2.16 bits per heavy atom. The molecule has 1 saturated heterocycles. The first-order valence-electron chi connectivity index (χ1n) is 7.07. The standard InChI is InChI=1S/C15H17N3O/c19-15-11-4-1-2-5-13(11)17-14-10(7-9-18(14)15)12-6-3-8-16-12/h1-2,4-5,10,12,16H,3,6-9H2/t10-,12+/m1/s1. The molecule has 1 aromatic heterocycles. The topological polar surface area (TPSA) is 46.9 Å². The van der Waals surface area contributed by atoms with E-state index in [0.717, 1.165) is 36.2 Å². The van der Waals surface area contributed by atoms with Gasteiger partial charge in [-0.15, -0.1) is 0 Å². The number of fused-ring (bicyclic) bond motifs is 2. The molecule has 4 rings (SSSR count). The molecule has 0 unspecified atom stereocenters. The van der Waals surface area contributed by atoms with E-state index in [1.165, 1.54) is 12.8 Å². The normalized spacial score (nSPS) is 25.9. The van der Waals surface area contributed by atoms with Crippen molar-refractivity contribution in [3.63, 3.8) is 0 Å². The zero-order valence-corrected chi connectivity index (χ0v) is 10.8. The Hall–Kier alpha value is -1.68. The third-order valence-electron chi connectivity index (χ3n) is 4.47. The molecule has 0 aliphatic carbocycles. The van der Waals surface area contributed by atoms with Crippen LogP contribution in [0.1, 0.15) is 31.0 Å². The molecule has 1 aromatic carbocycles. The summed E-state index contributed by atoms with van der Waals surface area (Å²) in [6.07, 6.45) is 3.47. The molecule has 2 atom stereocenters. The number of para-hydroxylation sites is 1. The number of benzene rings is 1. The average molecular weight is 255 g/mol. The van der Waals surface area contributed by atoms with E-state index in [2.05, 4.69) is 5.32 Å². The van der Waals surface area contributed by atoms with Crippen LogP contribution in [-0.4, -0.2) is 22.1 Å². The van der Waals surface area contributed by atoms with Gasteiger partial charge in [0.05, 0.1) is 10.9 Å². The smallest absolute Gasteiger partial charge is 0.261 e. The van der Waals surface area contributed by atoms with Gasteiger partial charge in [0.25, 0.3) is 5.56 Å². The quantitative estimate of drug-likeness (QED) is 0.842. The number of hydrogen-bond acceptors (Lipinski definition) is 3. The number of hydrogen-bond donors (Lipinski definition) is 1. The molecule has 0 amide bonds. The van der Waals surface area contributed by atoms with Gasteiger partial charge in [-0.05, 0) is 37.9 Å². The van der Waals surface area contributed by atoms with Crippen LogP contribution in [-0.2, 0) is 6.54 Å². The van der Waals surface area contributed by atoms with E-state index >= 15 is 0 Å². The molecule has 2 aromatic rings. The summed E-state index contributed by atoms with van der Waals surface area (Å²) in [5.74, 6) is 1.39. The summed E-state index contributed by atoms with van der Waals surface area (Å²) in [5, 5.41) is 4.29. The summed E-state index contributed by atoms with van der Waals surface area (Å²) in [6.45, 7) is 1.91. The van der Waals surface area contributed by atoms with Gasteiger partial charge in [0.15, 0.2) is 0 Å². The van der Waals surface area contributed by atoms with E-state index in [4.69, 9.17) is 4.98 Å². The first-order chi connectivity index (χ1) is 9.34. The molecular weight excluding hydrogens is 238 g/mol. The monoisotopic (exact) mass is 255 g/mol. The third-order valence-corrected chi connectivity index (χ3v) is 4.47. The average Bonchev–Trinajstić information content (AvgIpc) is 3.07. The van der Waals surface area contributed by atoms with Crippen molar-refractivity contribution in [2.75, 3.05) is 6.54 Å². The van der Waals surface area contributed by atoms with Crippen molar-refractivity contribution in [2.24, 2.45) is 0 Å². The van der Waals surface area contributed by atoms with Crippen LogP contribution < -0.4 is 10.9 Å². The summed E-state index contributed by atoms with van der Waals surface area (Å²) in [5.41, 5.74) is 0.963. The van der Waals surface area contributed by atoms with E-state index in [1.54, 1.807) is 0 Å². The maximum atomic E-state index is 12.5. The van der Waals surface area contributed by atoms with E-state index in [0.29, 0.717) is 12.0 Å². The van der Waals surface area contributed by atoms with Gasteiger partial charge in [0.1, 0.15) is 5.82 Å². The molecule has 2 aliphatic rings. The minimum Gasteiger partial charge on any atom is -0.313 e. The summed E-state index contributed by atoms with van der Waals surface area (Å²) >= 11 is 0. The van der Waals surface area contributed by atoms with Gasteiger partial charge in [0, 0.05) is 18.5 Å². The number of rotatable bonds is 1. The zero-order chi connectivity index (χ0) is 12.8. The largest absolute Gasteiger partial charge is 0.313 e. The highest BCUT2D eigenvalue weighted by atomic mass is 16.1. The second kappa shape index (κ2) is 4.17. The van der Waals surface area contributed by atoms with Crippen molar-refractivity contribution < 1.29 is 0 Å².